The third-order valence-corrected chi connectivity index (χ3v) is 4.32. The van der Waals surface area contributed by atoms with Crippen LogP contribution >= 0.6 is 0 Å². The summed E-state index contributed by atoms with van der Waals surface area (Å²) in [7, 11) is 0. The van der Waals surface area contributed by atoms with Crippen LogP contribution in [0, 0.1) is 5.92 Å². The molecule has 0 aliphatic carbocycles. The van der Waals surface area contributed by atoms with E-state index in [1.54, 1.807) is 13.8 Å². The minimum absolute atomic E-state index is 0.345. The Morgan fingerprint density at radius 3 is 1.97 bits per heavy atom. The monoisotopic (exact) mass is 430 g/mol. The van der Waals surface area contributed by atoms with Gasteiger partial charge in [-0.3, -0.25) is 24.0 Å². The zero-order chi connectivity index (χ0) is 23.4. The van der Waals surface area contributed by atoms with Gasteiger partial charge in [-0.25, -0.2) is 0 Å². The van der Waals surface area contributed by atoms with E-state index < -0.39 is 66.1 Å². The number of aliphatic carboxylic acids is 1. The van der Waals surface area contributed by atoms with E-state index in [0.29, 0.717) is 25.8 Å². The zero-order valence-corrected chi connectivity index (χ0v) is 17.6. The molecule has 0 fully saturated rings. The quantitative estimate of drug-likeness (QED) is 0.146. The Morgan fingerprint density at radius 2 is 1.50 bits per heavy atom. The lowest BCUT2D eigenvalue weighted by atomic mass is 10.0. The number of unbranched alkanes of at least 4 members (excludes halogenated alkanes) is 1. The van der Waals surface area contributed by atoms with Gasteiger partial charge in [-0.05, 0) is 32.2 Å². The second-order valence-electron chi connectivity index (χ2n) is 7.42. The lowest BCUT2D eigenvalue weighted by molar-refractivity contribution is -0.142. The number of nitrogens with one attached hydrogen (secondary N) is 3. The van der Waals surface area contributed by atoms with Crippen molar-refractivity contribution in [1.82, 2.24) is 16.0 Å². The van der Waals surface area contributed by atoms with Crippen LogP contribution in [0.15, 0.2) is 0 Å². The van der Waals surface area contributed by atoms with Crippen LogP contribution in [-0.4, -0.2) is 65.4 Å². The number of amides is 4. The fourth-order valence-corrected chi connectivity index (χ4v) is 2.48. The minimum atomic E-state index is -1.33. The van der Waals surface area contributed by atoms with Gasteiger partial charge in [0, 0.05) is 0 Å². The summed E-state index contributed by atoms with van der Waals surface area (Å²) in [6.45, 7) is 5.03. The molecule has 0 saturated heterocycles. The first kappa shape index (κ1) is 27.3. The third-order valence-electron chi connectivity index (χ3n) is 4.32. The molecule has 12 heteroatoms. The van der Waals surface area contributed by atoms with Gasteiger partial charge in [0.15, 0.2) is 0 Å². The fourth-order valence-electron chi connectivity index (χ4n) is 2.48. The molecule has 0 aliphatic rings. The number of primary amides is 1. The van der Waals surface area contributed by atoms with Crippen molar-refractivity contribution in [2.24, 2.45) is 23.1 Å². The molecule has 0 radical (unpaired) electrons. The van der Waals surface area contributed by atoms with Gasteiger partial charge < -0.3 is 38.3 Å². The van der Waals surface area contributed by atoms with Gasteiger partial charge in [0.05, 0.1) is 12.5 Å². The molecule has 0 rings (SSSR count). The normalized spacial score (nSPS) is 14.9. The van der Waals surface area contributed by atoms with E-state index in [1.165, 1.54) is 6.92 Å². The first-order valence-electron chi connectivity index (χ1n) is 9.78. The molecule has 0 aromatic carbocycles. The predicted octanol–water partition coefficient (Wildman–Crippen LogP) is -2.47. The molecule has 12 nitrogen and oxygen atoms in total. The Bertz CT molecular complexity index is 626. The number of carboxylic acid groups (broad SMARTS) is 1. The maximum absolute atomic E-state index is 12.6. The van der Waals surface area contributed by atoms with Crippen molar-refractivity contribution in [3.8, 4) is 0 Å². The van der Waals surface area contributed by atoms with Gasteiger partial charge in [0.2, 0.25) is 23.6 Å². The molecule has 10 N–H and O–H groups in total. The van der Waals surface area contributed by atoms with Crippen molar-refractivity contribution in [3.05, 3.63) is 0 Å². The number of carbonyl (C=O) groups is 5. The average Bonchev–Trinajstić information content (AvgIpc) is 2.64. The van der Waals surface area contributed by atoms with E-state index in [-0.39, 0.29) is 0 Å². The Kier molecular flexibility index (Phi) is 12.3. The number of carbonyl (C=O) groups excluding carboxylic acids is 4. The molecule has 0 aromatic heterocycles. The van der Waals surface area contributed by atoms with Crippen molar-refractivity contribution in [2.45, 2.75) is 70.6 Å². The van der Waals surface area contributed by atoms with E-state index in [9.17, 15) is 24.0 Å². The summed E-state index contributed by atoms with van der Waals surface area (Å²) in [5.74, 6) is -4.64. The summed E-state index contributed by atoms with van der Waals surface area (Å²) >= 11 is 0. The molecular formula is C18H34N6O6. The van der Waals surface area contributed by atoms with Crippen molar-refractivity contribution in [2.75, 3.05) is 6.54 Å². The van der Waals surface area contributed by atoms with Gasteiger partial charge >= 0.3 is 5.97 Å². The molecule has 0 aromatic rings. The maximum atomic E-state index is 12.6. The average molecular weight is 431 g/mol. The van der Waals surface area contributed by atoms with Crippen LogP contribution in [0.25, 0.3) is 0 Å². The van der Waals surface area contributed by atoms with Crippen molar-refractivity contribution in [3.63, 3.8) is 0 Å². The molecule has 0 aliphatic heterocycles. The van der Waals surface area contributed by atoms with E-state index >= 15 is 0 Å². The van der Waals surface area contributed by atoms with Crippen LogP contribution < -0.4 is 33.2 Å². The van der Waals surface area contributed by atoms with Crippen LogP contribution in [0.4, 0.5) is 0 Å². The Hall–Kier alpha value is -2.73. The highest BCUT2D eigenvalue weighted by Gasteiger charge is 2.31. The van der Waals surface area contributed by atoms with Crippen LogP contribution in [0.1, 0.15) is 46.5 Å². The summed E-state index contributed by atoms with van der Waals surface area (Å²) in [6, 6.07) is -4.49. The van der Waals surface area contributed by atoms with Gasteiger partial charge in [-0.1, -0.05) is 20.3 Å². The molecule has 0 saturated carbocycles. The topological polar surface area (TPSA) is 220 Å². The fraction of sp³-hybridized carbons (Fsp3) is 0.722. The van der Waals surface area contributed by atoms with Crippen molar-refractivity contribution >= 4 is 29.6 Å². The van der Waals surface area contributed by atoms with Crippen LogP contribution in [-0.2, 0) is 24.0 Å². The zero-order valence-electron chi connectivity index (χ0n) is 17.6. The number of nitrogens with two attached hydrogens (primary N) is 3. The predicted molar refractivity (Wildman–Crippen MR) is 109 cm³/mol. The summed E-state index contributed by atoms with van der Waals surface area (Å²) in [4.78, 5) is 59.6. The third kappa shape index (κ3) is 10.2. The van der Waals surface area contributed by atoms with Gasteiger partial charge in [0.1, 0.15) is 18.1 Å². The second-order valence-corrected chi connectivity index (χ2v) is 7.42. The molecule has 30 heavy (non-hydrogen) atoms. The number of rotatable bonds is 14. The number of hydrogen-bond donors (Lipinski definition) is 7. The molecular weight excluding hydrogens is 396 g/mol. The Morgan fingerprint density at radius 1 is 0.900 bits per heavy atom. The van der Waals surface area contributed by atoms with Crippen molar-refractivity contribution in [1.29, 1.82) is 0 Å². The minimum Gasteiger partial charge on any atom is -0.480 e. The van der Waals surface area contributed by atoms with E-state index in [2.05, 4.69) is 16.0 Å². The highest BCUT2D eigenvalue weighted by molar-refractivity contribution is 5.96. The highest BCUT2D eigenvalue weighted by Crippen LogP contribution is 2.05. The number of hydrogen-bond acceptors (Lipinski definition) is 7. The Labute approximate surface area is 175 Å². The van der Waals surface area contributed by atoms with Gasteiger partial charge in [-0.2, -0.15) is 0 Å². The second kappa shape index (κ2) is 13.5. The van der Waals surface area contributed by atoms with Crippen LogP contribution in [0.3, 0.4) is 0 Å². The first-order chi connectivity index (χ1) is 13.9. The van der Waals surface area contributed by atoms with Gasteiger partial charge in [-0.15, -0.1) is 0 Å². The smallest absolute Gasteiger partial charge is 0.325 e. The maximum Gasteiger partial charge on any atom is 0.325 e. The molecule has 4 unspecified atom stereocenters. The summed E-state index contributed by atoms with van der Waals surface area (Å²) < 4.78 is 0. The Balaban J connectivity index is 5.21. The SMILES string of the molecule is CC(NC(=O)C(NC(=O)C(CC(N)=O)NC(=O)C(N)CCCCN)C(C)C)C(=O)O. The van der Waals surface area contributed by atoms with E-state index in [1.807, 2.05) is 0 Å². The molecule has 172 valence electrons. The van der Waals surface area contributed by atoms with E-state index in [4.69, 9.17) is 22.3 Å². The van der Waals surface area contributed by atoms with Crippen LogP contribution in [0.2, 0.25) is 0 Å². The lowest BCUT2D eigenvalue weighted by Crippen LogP contribution is -2.58. The summed E-state index contributed by atoms with van der Waals surface area (Å²) in [5.41, 5.74) is 16.4. The standard InChI is InChI=1S/C18H34N6O6/c1-9(2)14(17(28)22-10(3)18(29)30)24-16(27)12(8-13(21)25)23-15(26)11(20)6-4-5-7-19/h9-12,14H,4-8,19-20H2,1-3H3,(H2,21,25)(H,22,28)(H,23,26)(H,24,27)(H,29,30). The molecule has 0 spiro atoms. The molecule has 4 amide bonds. The molecule has 4 atom stereocenters. The van der Waals surface area contributed by atoms with Crippen LogP contribution in [0.5, 0.6) is 0 Å². The van der Waals surface area contributed by atoms with E-state index in [0.717, 1.165) is 0 Å². The summed E-state index contributed by atoms with van der Waals surface area (Å²) in [6.07, 6.45) is 1.16. The highest BCUT2D eigenvalue weighted by atomic mass is 16.4. The first-order valence-corrected chi connectivity index (χ1v) is 9.78. The molecule has 0 bridgehead atoms. The van der Waals surface area contributed by atoms with Crippen molar-refractivity contribution < 1.29 is 29.1 Å². The molecule has 0 heterocycles. The lowest BCUT2D eigenvalue weighted by Gasteiger charge is -2.26. The van der Waals surface area contributed by atoms with Gasteiger partial charge in [0.25, 0.3) is 0 Å². The number of carboxylic acids is 1. The summed E-state index contributed by atoms with van der Waals surface area (Å²) in [5, 5.41) is 16.0. The largest absolute Gasteiger partial charge is 0.480 e.